The summed E-state index contributed by atoms with van der Waals surface area (Å²) in [7, 11) is -2.63. The molecule has 0 saturated heterocycles. The SMILES string of the molecule is CCOC(=O)CC(c1ccc(OC)c(CN2Cc3cc(O)ccc3OS2(=O)=O)c1)c1ccc2c(nnn2CCOCCCl)c1C.Cl. The van der Waals surface area contributed by atoms with Gasteiger partial charge in [0.1, 0.15) is 22.8 Å². The zero-order chi connectivity index (χ0) is 32.1. The number of hydrogen-bond acceptors (Lipinski definition) is 10. The molecule has 0 amide bonds. The van der Waals surface area contributed by atoms with Crippen LogP contribution in [0.1, 0.15) is 47.1 Å². The molecule has 4 aromatic rings. The number of aromatic nitrogens is 3. The van der Waals surface area contributed by atoms with E-state index in [9.17, 15) is 18.3 Å². The zero-order valence-electron chi connectivity index (χ0n) is 25.6. The molecular formula is C31H36Cl2N4O8S. The number of halogens is 2. The molecule has 1 unspecified atom stereocenters. The van der Waals surface area contributed by atoms with Gasteiger partial charge < -0.3 is 23.5 Å². The lowest BCUT2D eigenvalue weighted by molar-refractivity contribution is -0.143. The van der Waals surface area contributed by atoms with Crippen molar-refractivity contribution in [2.75, 3.05) is 32.8 Å². The minimum atomic E-state index is -4.13. The first-order chi connectivity index (χ1) is 21.6. The summed E-state index contributed by atoms with van der Waals surface area (Å²) in [5.74, 6) is 0.243. The molecule has 0 spiro atoms. The van der Waals surface area contributed by atoms with Gasteiger partial charge >= 0.3 is 16.3 Å². The first kappa shape index (κ1) is 35.2. The Morgan fingerprint density at radius 1 is 1.15 bits per heavy atom. The average molecular weight is 696 g/mol. The molecule has 0 fully saturated rings. The quantitative estimate of drug-likeness (QED) is 0.117. The van der Waals surface area contributed by atoms with Crippen LogP contribution in [0.2, 0.25) is 0 Å². The van der Waals surface area contributed by atoms with Crippen LogP contribution in [-0.2, 0) is 44.2 Å². The number of ether oxygens (including phenoxy) is 3. The summed E-state index contributed by atoms with van der Waals surface area (Å²) < 4.78 is 50.8. The van der Waals surface area contributed by atoms with Crippen molar-refractivity contribution in [2.45, 2.75) is 45.8 Å². The number of esters is 1. The number of carbonyl (C=O) groups is 1. The van der Waals surface area contributed by atoms with E-state index in [1.807, 2.05) is 31.2 Å². The predicted octanol–water partition coefficient (Wildman–Crippen LogP) is 4.86. The minimum absolute atomic E-state index is 0. The van der Waals surface area contributed by atoms with Crippen LogP contribution in [0.4, 0.5) is 0 Å². The molecule has 0 radical (unpaired) electrons. The molecule has 1 aromatic heterocycles. The van der Waals surface area contributed by atoms with Crippen LogP contribution in [0.5, 0.6) is 17.2 Å². The molecule has 15 heteroatoms. The van der Waals surface area contributed by atoms with Crippen LogP contribution in [0, 0.1) is 6.92 Å². The number of nitrogens with zero attached hydrogens (tertiary/aromatic N) is 4. The highest BCUT2D eigenvalue weighted by Crippen LogP contribution is 2.38. The molecule has 1 aliphatic rings. The molecule has 5 rings (SSSR count). The second-order valence-electron chi connectivity index (χ2n) is 10.5. The van der Waals surface area contributed by atoms with Crippen molar-refractivity contribution in [1.82, 2.24) is 19.3 Å². The second kappa shape index (κ2) is 15.3. The molecule has 0 aliphatic carbocycles. The maximum atomic E-state index is 13.1. The summed E-state index contributed by atoms with van der Waals surface area (Å²) in [5.41, 5.74) is 5.11. The van der Waals surface area contributed by atoms with E-state index in [-0.39, 0.29) is 56.0 Å². The van der Waals surface area contributed by atoms with Crippen molar-refractivity contribution in [3.8, 4) is 17.2 Å². The monoisotopic (exact) mass is 694 g/mol. The fourth-order valence-electron chi connectivity index (χ4n) is 5.50. The Hall–Kier alpha value is -3.62. The highest BCUT2D eigenvalue weighted by Gasteiger charge is 2.33. The van der Waals surface area contributed by atoms with E-state index in [0.717, 1.165) is 22.2 Å². The van der Waals surface area contributed by atoms with Crippen LogP contribution < -0.4 is 8.92 Å². The van der Waals surface area contributed by atoms with Crippen molar-refractivity contribution >= 4 is 51.3 Å². The highest BCUT2D eigenvalue weighted by atomic mass is 35.5. The van der Waals surface area contributed by atoms with Gasteiger partial charge in [-0.15, -0.1) is 29.1 Å². The number of carbonyl (C=O) groups excluding carboxylic acids is 1. The lowest BCUT2D eigenvalue weighted by atomic mass is 9.84. The smallest absolute Gasteiger partial charge is 0.385 e. The van der Waals surface area contributed by atoms with Crippen molar-refractivity contribution in [3.05, 3.63) is 76.3 Å². The van der Waals surface area contributed by atoms with Crippen molar-refractivity contribution in [2.24, 2.45) is 0 Å². The number of fused-ring (bicyclic) bond motifs is 2. The van der Waals surface area contributed by atoms with Gasteiger partial charge in [0.15, 0.2) is 0 Å². The number of aromatic hydroxyl groups is 1. The lowest BCUT2D eigenvalue weighted by Crippen LogP contribution is -2.37. The molecular weight excluding hydrogens is 659 g/mol. The fourth-order valence-corrected chi connectivity index (χ4v) is 6.70. The molecule has 0 bridgehead atoms. The standard InChI is InChI=1S/C31H35ClN4O8S.ClH/c1-4-43-30(38)17-26(25-7-8-27-31(20(25)2)33-34-36(27)12-14-42-13-11-32)21-5-9-28(41-3)22(15-21)18-35-19-23-16-24(37)6-10-29(23)44-45(35,39)40;/h5-10,15-16,26,37H,4,11-14,17-19H2,1-3H3;1H. The summed E-state index contributed by atoms with van der Waals surface area (Å²) >= 11 is 5.70. The summed E-state index contributed by atoms with van der Waals surface area (Å²) in [4.78, 5) is 12.9. The topological polar surface area (TPSA) is 142 Å². The molecule has 3 aromatic carbocycles. The van der Waals surface area contributed by atoms with Gasteiger partial charge in [0.05, 0.1) is 45.4 Å². The molecule has 1 atom stereocenters. The average Bonchev–Trinajstić information content (AvgIpc) is 3.43. The summed E-state index contributed by atoms with van der Waals surface area (Å²) in [6.45, 7) is 5.25. The van der Waals surface area contributed by atoms with Crippen molar-refractivity contribution in [3.63, 3.8) is 0 Å². The number of hydrogen-bond donors (Lipinski definition) is 1. The Balaban J connectivity index is 0.00000480. The Kier molecular flexibility index (Phi) is 11.7. The molecule has 12 nitrogen and oxygen atoms in total. The van der Waals surface area contributed by atoms with Crippen LogP contribution in [-0.4, -0.2) is 71.6 Å². The number of benzene rings is 3. The van der Waals surface area contributed by atoms with Gasteiger partial charge in [-0.3, -0.25) is 4.79 Å². The zero-order valence-corrected chi connectivity index (χ0v) is 28.0. The molecule has 1 aliphatic heterocycles. The third-order valence-corrected chi connectivity index (χ3v) is 9.09. The van der Waals surface area contributed by atoms with Crippen molar-refractivity contribution < 1.29 is 36.7 Å². The number of rotatable bonds is 13. The van der Waals surface area contributed by atoms with Gasteiger partial charge in [0.25, 0.3) is 0 Å². The van der Waals surface area contributed by atoms with Crippen LogP contribution in [0.15, 0.2) is 48.5 Å². The van der Waals surface area contributed by atoms with Gasteiger partial charge in [0.2, 0.25) is 0 Å². The van der Waals surface area contributed by atoms with Gasteiger partial charge in [-0.2, -0.15) is 12.7 Å². The number of phenols is 1. The molecule has 2 heterocycles. The van der Waals surface area contributed by atoms with Crippen molar-refractivity contribution in [1.29, 1.82) is 0 Å². The normalized spacial score (nSPS) is 14.6. The summed E-state index contributed by atoms with van der Waals surface area (Å²) in [6, 6.07) is 13.6. The Bertz CT molecular complexity index is 1800. The Morgan fingerprint density at radius 2 is 1.96 bits per heavy atom. The van der Waals surface area contributed by atoms with E-state index < -0.39 is 16.2 Å². The predicted molar refractivity (Wildman–Crippen MR) is 174 cm³/mol. The molecule has 46 heavy (non-hydrogen) atoms. The number of alkyl halides is 1. The number of aryl methyl sites for hydroxylation is 1. The third kappa shape index (κ3) is 7.67. The third-order valence-electron chi connectivity index (χ3n) is 7.66. The van der Waals surface area contributed by atoms with Crippen LogP contribution >= 0.6 is 24.0 Å². The van der Waals surface area contributed by atoms with E-state index >= 15 is 0 Å². The number of methoxy groups -OCH3 is 1. The minimum Gasteiger partial charge on any atom is -0.508 e. The van der Waals surface area contributed by atoms with Gasteiger partial charge in [-0.1, -0.05) is 23.4 Å². The van der Waals surface area contributed by atoms with E-state index in [0.29, 0.717) is 48.0 Å². The first-order valence-electron chi connectivity index (χ1n) is 14.5. The summed E-state index contributed by atoms with van der Waals surface area (Å²) in [6.07, 6.45) is 0.0458. The molecule has 0 saturated carbocycles. The van der Waals surface area contributed by atoms with Crippen LogP contribution in [0.3, 0.4) is 0 Å². The Labute approximate surface area is 278 Å². The Morgan fingerprint density at radius 3 is 2.70 bits per heavy atom. The van der Waals surface area contributed by atoms with E-state index in [1.165, 1.54) is 29.6 Å². The number of phenolic OH excluding ortho intramolecular Hbond substituents is 1. The van der Waals surface area contributed by atoms with E-state index in [2.05, 4.69) is 10.3 Å². The maximum absolute atomic E-state index is 13.1. The maximum Gasteiger partial charge on any atom is 0.385 e. The van der Waals surface area contributed by atoms with Gasteiger partial charge in [0, 0.05) is 36.0 Å². The highest BCUT2D eigenvalue weighted by molar-refractivity contribution is 7.84. The van der Waals surface area contributed by atoms with Gasteiger partial charge in [-0.05, 0) is 60.9 Å². The second-order valence-corrected chi connectivity index (χ2v) is 12.4. The van der Waals surface area contributed by atoms with E-state index in [4.69, 9.17) is 30.0 Å². The fraction of sp³-hybridized carbons (Fsp3) is 0.387. The lowest BCUT2D eigenvalue weighted by Gasteiger charge is -2.28. The largest absolute Gasteiger partial charge is 0.508 e. The van der Waals surface area contributed by atoms with E-state index in [1.54, 1.807) is 17.7 Å². The summed E-state index contributed by atoms with van der Waals surface area (Å²) in [5, 5.41) is 18.7. The van der Waals surface area contributed by atoms with Gasteiger partial charge in [-0.25, -0.2) is 4.68 Å². The van der Waals surface area contributed by atoms with Crippen LogP contribution in [0.25, 0.3) is 11.0 Å². The first-order valence-corrected chi connectivity index (χ1v) is 16.3. The molecule has 248 valence electrons. The molecule has 1 N–H and O–H groups in total.